The Morgan fingerprint density at radius 2 is 0.895 bits per heavy atom. The molecule has 2 aromatic carbocycles. The van der Waals surface area contributed by atoms with E-state index in [1.807, 2.05) is 60.7 Å². The Hall–Kier alpha value is -0.117. The fourth-order valence-corrected chi connectivity index (χ4v) is 1.43. The Morgan fingerprint density at radius 3 is 1.21 bits per heavy atom. The molecule has 0 N–H and O–H groups in total. The minimum atomic E-state index is 0. The number of hydrogen-bond donors (Lipinski definition) is 0. The first-order valence-electron chi connectivity index (χ1n) is 5.40. The van der Waals surface area contributed by atoms with E-state index in [0.29, 0.717) is 0 Å². The van der Waals surface area contributed by atoms with Crippen LogP contribution in [0.3, 0.4) is 0 Å². The van der Waals surface area contributed by atoms with Crippen LogP contribution in [0.4, 0.5) is 11.4 Å². The second kappa shape index (κ2) is 12.9. The molecular formula is C14H14Br2N2Zr. The van der Waals surface area contributed by atoms with E-state index in [0.717, 1.165) is 24.5 Å². The van der Waals surface area contributed by atoms with Crippen LogP contribution in [-0.4, -0.2) is 13.1 Å². The van der Waals surface area contributed by atoms with E-state index in [-0.39, 0.29) is 60.2 Å². The first-order chi connectivity index (χ1) is 7.95. The van der Waals surface area contributed by atoms with Gasteiger partial charge in [-0.2, -0.15) is 0 Å². The molecule has 2 rings (SSSR count). The van der Waals surface area contributed by atoms with Gasteiger partial charge in [-0.3, -0.25) is 0 Å². The molecule has 0 aromatic heterocycles. The average molecular weight is 461 g/mol. The number of rotatable bonds is 5. The van der Waals surface area contributed by atoms with E-state index in [1.54, 1.807) is 0 Å². The Labute approximate surface area is 155 Å². The second-order valence-electron chi connectivity index (χ2n) is 3.43. The molecule has 0 saturated carbocycles. The predicted octanol–water partition coefficient (Wildman–Crippen LogP) is -1.60. The molecule has 0 radical (unpaired) electrons. The van der Waals surface area contributed by atoms with Crippen LogP contribution in [0, 0.1) is 0 Å². The van der Waals surface area contributed by atoms with Crippen molar-refractivity contribution in [3.05, 3.63) is 71.3 Å². The summed E-state index contributed by atoms with van der Waals surface area (Å²) >= 11 is 0. The van der Waals surface area contributed by atoms with E-state index >= 15 is 0 Å². The number of nitrogens with zero attached hydrogens (tertiary/aromatic N) is 2. The van der Waals surface area contributed by atoms with Crippen LogP contribution < -0.4 is 34.0 Å². The van der Waals surface area contributed by atoms with Gasteiger partial charge in [-0.1, -0.05) is 60.7 Å². The van der Waals surface area contributed by atoms with E-state index in [4.69, 9.17) is 0 Å². The third-order valence-electron chi connectivity index (χ3n) is 2.20. The molecule has 19 heavy (non-hydrogen) atoms. The van der Waals surface area contributed by atoms with Crippen molar-refractivity contribution in [2.24, 2.45) is 0 Å². The maximum absolute atomic E-state index is 4.43. The summed E-state index contributed by atoms with van der Waals surface area (Å²) in [5.41, 5.74) is 2.04. The Morgan fingerprint density at radius 1 is 0.579 bits per heavy atom. The van der Waals surface area contributed by atoms with Gasteiger partial charge in [0.2, 0.25) is 0 Å². The topological polar surface area (TPSA) is 28.2 Å². The molecule has 0 heterocycles. The van der Waals surface area contributed by atoms with Gasteiger partial charge in [-0.15, -0.1) is 24.5 Å². The summed E-state index contributed by atoms with van der Waals surface area (Å²) in [7, 11) is 0. The van der Waals surface area contributed by atoms with Crippen molar-refractivity contribution >= 4 is 11.4 Å². The summed E-state index contributed by atoms with van der Waals surface area (Å²) in [5.74, 6) is 0. The minimum Gasteiger partial charge on any atom is -1.00 e. The standard InChI is InChI=1S/C14H14N2.2BrH.Zr/c1-3-7-13(8-4-1)15-11-12-16-14-9-5-2-6-10-14;;;/h1-10H,11-12H2;2*1H;/q-2;;;+4/p-2. The van der Waals surface area contributed by atoms with Crippen molar-refractivity contribution < 1.29 is 60.2 Å². The zero-order valence-corrected chi connectivity index (χ0v) is 16.0. The molecule has 0 spiro atoms. The van der Waals surface area contributed by atoms with Gasteiger partial charge in [0, 0.05) is 0 Å². The van der Waals surface area contributed by atoms with Crippen molar-refractivity contribution in [2.75, 3.05) is 13.1 Å². The molecule has 0 saturated heterocycles. The van der Waals surface area contributed by atoms with Crippen molar-refractivity contribution in [1.82, 2.24) is 0 Å². The number of halogens is 2. The monoisotopic (exact) mass is 458 g/mol. The van der Waals surface area contributed by atoms with E-state index < -0.39 is 0 Å². The third-order valence-corrected chi connectivity index (χ3v) is 2.20. The van der Waals surface area contributed by atoms with Gasteiger partial charge in [0.05, 0.1) is 0 Å². The quantitative estimate of drug-likeness (QED) is 0.481. The molecule has 0 aliphatic carbocycles. The summed E-state index contributed by atoms with van der Waals surface area (Å²) < 4.78 is 0. The molecule has 0 unspecified atom stereocenters. The van der Waals surface area contributed by atoms with Crippen molar-refractivity contribution in [1.29, 1.82) is 0 Å². The van der Waals surface area contributed by atoms with Crippen LogP contribution in [0.1, 0.15) is 0 Å². The fourth-order valence-electron chi connectivity index (χ4n) is 1.43. The van der Waals surface area contributed by atoms with Crippen LogP contribution in [-0.2, 0) is 26.2 Å². The number of hydrogen-bond acceptors (Lipinski definition) is 0. The normalized spacial score (nSPS) is 8.21. The Balaban J connectivity index is 0. The first-order valence-corrected chi connectivity index (χ1v) is 5.40. The number of benzene rings is 2. The van der Waals surface area contributed by atoms with Gasteiger partial charge in [0.15, 0.2) is 0 Å². The summed E-state index contributed by atoms with van der Waals surface area (Å²) in [5, 5.41) is 8.86. The average Bonchev–Trinajstić information content (AvgIpc) is 2.37. The molecule has 0 amide bonds. The molecular weight excluding hydrogens is 447 g/mol. The molecule has 5 heteroatoms. The molecule has 2 aromatic rings. The summed E-state index contributed by atoms with van der Waals surface area (Å²) in [6.07, 6.45) is 0. The van der Waals surface area contributed by atoms with Crippen molar-refractivity contribution in [3.63, 3.8) is 0 Å². The largest absolute Gasteiger partial charge is 4.00 e. The molecule has 0 aliphatic rings. The van der Waals surface area contributed by atoms with Crippen LogP contribution in [0.2, 0.25) is 0 Å². The van der Waals surface area contributed by atoms with Gasteiger partial charge in [0.25, 0.3) is 0 Å². The predicted molar refractivity (Wildman–Crippen MR) is 68.7 cm³/mol. The van der Waals surface area contributed by atoms with Gasteiger partial charge >= 0.3 is 26.2 Å². The van der Waals surface area contributed by atoms with E-state index in [1.165, 1.54) is 0 Å². The molecule has 0 fully saturated rings. The van der Waals surface area contributed by atoms with Gasteiger partial charge < -0.3 is 44.6 Å². The molecule has 0 aliphatic heterocycles. The molecule has 98 valence electrons. The fraction of sp³-hybridized carbons (Fsp3) is 0.143. The van der Waals surface area contributed by atoms with E-state index in [9.17, 15) is 0 Å². The summed E-state index contributed by atoms with van der Waals surface area (Å²) in [4.78, 5) is 0. The van der Waals surface area contributed by atoms with E-state index in [2.05, 4.69) is 10.6 Å². The minimum absolute atomic E-state index is 0. The molecule has 2 nitrogen and oxygen atoms in total. The number of para-hydroxylation sites is 2. The summed E-state index contributed by atoms with van der Waals surface area (Å²) in [6, 6.07) is 20.0. The first kappa shape index (κ1) is 21.2. The smallest absolute Gasteiger partial charge is 1.00 e. The third kappa shape index (κ3) is 8.62. The molecule has 0 atom stereocenters. The van der Waals surface area contributed by atoms with Crippen LogP contribution >= 0.6 is 0 Å². The molecule has 0 bridgehead atoms. The zero-order valence-electron chi connectivity index (χ0n) is 10.3. The maximum Gasteiger partial charge on any atom is 4.00 e. The Bertz CT molecular complexity index is 371. The van der Waals surface area contributed by atoms with Crippen LogP contribution in [0.15, 0.2) is 60.7 Å². The van der Waals surface area contributed by atoms with Gasteiger partial charge in [-0.25, -0.2) is 0 Å². The van der Waals surface area contributed by atoms with Gasteiger partial charge in [0.1, 0.15) is 0 Å². The van der Waals surface area contributed by atoms with Crippen molar-refractivity contribution in [3.8, 4) is 0 Å². The summed E-state index contributed by atoms with van der Waals surface area (Å²) in [6.45, 7) is 1.47. The second-order valence-corrected chi connectivity index (χ2v) is 3.43. The van der Waals surface area contributed by atoms with Gasteiger partial charge in [-0.05, 0) is 0 Å². The SMILES string of the molecule is [Br-].[Br-].[Zr+4].c1ccc([N-]CC[N-]c2ccccc2)cc1. The maximum atomic E-state index is 4.43. The van der Waals surface area contributed by atoms with Crippen LogP contribution in [0.25, 0.3) is 10.6 Å². The van der Waals surface area contributed by atoms with Crippen LogP contribution in [0.5, 0.6) is 0 Å². The zero-order chi connectivity index (χ0) is 11.1. The van der Waals surface area contributed by atoms with Crippen molar-refractivity contribution in [2.45, 2.75) is 0 Å². The Kier molecular flexibility index (Phi) is 14.4.